The van der Waals surface area contributed by atoms with Crippen LogP contribution in [-0.4, -0.2) is 68.1 Å². The van der Waals surface area contributed by atoms with Crippen molar-refractivity contribution in [3.63, 3.8) is 0 Å². The Hall–Kier alpha value is -3.93. The number of aromatic nitrogens is 3. The van der Waals surface area contributed by atoms with Gasteiger partial charge in [0.05, 0.1) is 34.7 Å². The van der Waals surface area contributed by atoms with Crippen molar-refractivity contribution in [3.8, 4) is 17.5 Å². The van der Waals surface area contributed by atoms with E-state index in [-0.39, 0.29) is 12.0 Å². The fraction of sp³-hybridized carbons (Fsp3) is 0.375. The third-order valence-electron chi connectivity index (χ3n) is 5.52. The van der Waals surface area contributed by atoms with Crippen LogP contribution in [0.4, 0.5) is 4.79 Å². The van der Waals surface area contributed by atoms with Crippen LogP contribution in [0.5, 0.6) is 0 Å². The molecule has 1 saturated heterocycles. The molecule has 33 heavy (non-hydrogen) atoms. The van der Waals surface area contributed by atoms with Gasteiger partial charge in [0.2, 0.25) is 0 Å². The van der Waals surface area contributed by atoms with Gasteiger partial charge in [-0.05, 0) is 45.0 Å². The highest BCUT2D eigenvalue weighted by Gasteiger charge is 2.29. The quantitative estimate of drug-likeness (QED) is 0.599. The van der Waals surface area contributed by atoms with Crippen molar-refractivity contribution in [3.05, 3.63) is 47.9 Å². The second-order valence-corrected chi connectivity index (χ2v) is 9.02. The predicted octanol–water partition coefficient (Wildman–Crippen LogP) is 3.20. The average Bonchev–Trinajstić information content (AvgIpc) is 3.13. The summed E-state index contributed by atoms with van der Waals surface area (Å²) in [5.41, 5.74) is 2.57. The van der Waals surface area contributed by atoms with Crippen LogP contribution < -0.4 is 0 Å². The largest absolute Gasteiger partial charge is 0.444 e. The minimum atomic E-state index is -0.550. The van der Waals surface area contributed by atoms with Gasteiger partial charge in [-0.15, -0.1) is 0 Å². The molecule has 0 aromatic carbocycles. The first-order valence-electron chi connectivity index (χ1n) is 10.8. The molecule has 3 aromatic rings. The molecular weight excluding hydrogens is 420 g/mol. The van der Waals surface area contributed by atoms with Crippen LogP contribution in [0.15, 0.2) is 36.7 Å². The molecule has 0 N–H and O–H groups in total. The van der Waals surface area contributed by atoms with E-state index in [1.807, 2.05) is 44.5 Å². The molecule has 1 aliphatic heterocycles. The Morgan fingerprint density at radius 2 is 1.70 bits per heavy atom. The van der Waals surface area contributed by atoms with E-state index < -0.39 is 5.60 Å². The number of pyridine rings is 2. The van der Waals surface area contributed by atoms with E-state index in [1.165, 1.54) is 0 Å². The summed E-state index contributed by atoms with van der Waals surface area (Å²) in [6, 6.07) is 9.15. The first kappa shape index (κ1) is 22.3. The zero-order chi connectivity index (χ0) is 23.8. The van der Waals surface area contributed by atoms with Crippen molar-refractivity contribution in [1.29, 1.82) is 5.26 Å². The lowest BCUT2D eigenvalue weighted by Crippen LogP contribution is -2.51. The summed E-state index contributed by atoms with van der Waals surface area (Å²) in [5.74, 6) is -0.0938. The predicted molar refractivity (Wildman–Crippen MR) is 122 cm³/mol. The maximum atomic E-state index is 13.2. The fourth-order valence-electron chi connectivity index (χ4n) is 3.80. The molecule has 4 heterocycles. The number of piperazine rings is 1. The number of nitriles is 1. The molecule has 9 nitrogen and oxygen atoms in total. The average molecular weight is 447 g/mol. The molecule has 170 valence electrons. The van der Waals surface area contributed by atoms with Crippen LogP contribution in [0.1, 0.15) is 36.8 Å². The molecular formula is C24H26N6O3. The fourth-order valence-corrected chi connectivity index (χ4v) is 3.80. The number of fused-ring (bicyclic) bond motifs is 1. The number of carbonyl (C=O) groups excluding carboxylic acids is 2. The van der Waals surface area contributed by atoms with Crippen molar-refractivity contribution in [2.45, 2.75) is 26.4 Å². The molecule has 0 atom stereocenters. The van der Waals surface area contributed by atoms with Crippen LogP contribution in [0.25, 0.3) is 22.3 Å². The van der Waals surface area contributed by atoms with E-state index in [9.17, 15) is 9.59 Å². The molecule has 0 aliphatic carbocycles. The highest BCUT2D eigenvalue weighted by Crippen LogP contribution is 2.25. The molecule has 0 bridgehead atoms. The molecule has 0 unspecified atom stereocenters. The smallest absolute Gasteiger partial charge is 0.410 e. The van der Waals surface area contributed by atoms with Gasteiger partial charge in [0.1, 0.15) is 11.3 Å². The Balaban J connectivity index is 1.52. The second-order valence-electron chi connectivity index (χ2n) is 9.02. The van der Waals surface area contributed by atoms with E-state index >= 15 is 0 Å². The first-order chi connectivity index (χ1) is 15.7. The molecule has 0 spiro atoms. The minimum absolute atomic E-state index is 0.0938. The lowest BCUT2D eigenvalue weighted by Gasteiger charge is -2.35. The molecule has 0 radical (unpaired) electrons. The molecule has 1 aliphatic rings. The van der Waals surface area contributed by atoms with E-state index in [4.69, 9.17) is 10.00 Å². The van der Waals surface area contributed by atoms with Crippen LogP contribution in [0.2, 0.25) is 0 Å². The van der Waals surface area contributed by atoms with Gasteiger partial charge >= 0.3 is 6.09 Å². The topological polar surface area (TPSA) is 104 Å². The van der Waals surface area contributed by atoms with Crippen molar-refractivity contribution in [2.75, 3.05) is 26.2 Å². The number of ether oxygens (including phenoxy) is 1. The van der Waals surface area contributed by atoms with Crippen molar-refractivity contribution in [2.24, 2.45) is 7.05 Å². The number of nitrogens with zero attached hydrogens (tertiary/aromatic N) is 6. The summed E-state index contributed by atoms with van der Waals surface area (Å²) in [6.07, 6.45) is 2.94. The van der Waals surface area contributed by atoms with Crippen LogP contribution in [0.3, 0.4) is 0 Å². The van der Waals surface area contributed by atoms with E-state index in [0.29, 0.717) is 48.8 Å². The van der Waals surface area contributed by atoms with Crippen molar-refractivity contribution >= 4 is 22.9 Å². The Labute approximate surface area is 192 Å². The number of hydrogen-bond donors (Lipinski definition) is 0. The number of amides is 2. The Morgan fingerprint density at radius 3 is 2.36 bits per heavy atom. The zero-order valence-corrected chi connectivity index (χ0v) is 19.2. The highest BCUT2D eigenvalue weighted by atomic mass is 16.6. The Bertz CT molecular complexity index is 1260. The van der Waals surface area contributed by atoms with Gasteiger partial charge in [0, 0.05) is 44.8 Å². The summed E-state index contributed by atoms with van der Waals surface area (Å²) < 4.78 is 7.26. The van der Waals surface area contributed by atoms with Gasteiger partial charge in [-0.25, -0.2) is 4.79 Å². The van der Waals surface area contributed by atoms with Gasteiger partial charge in [-0.2, -0.15) is 5.26 Å². The molecule has 4 rings (SSSR count). The summed E-state index contributed by atoms with van der Waals surface area (Å²) >= 11 is 0. The van der Waals surface area contributed by atoms with Gasteiger partial charge < -0.3 is 19.1 Å². The van der Waals surface area contributed by atoms with E-state index in [2.05, 4.69) is 16.0 Å². The molecule has 3 aromatic heterocycles. The lowest BCUT2D eigenvalue weighted by atomic mass is 10.1. The first-order valence-corrected chi connectivity index (χ1v) is 10.8. The second kappa shape index (κ2) is 8.54. The van der Waals surface area contributed by atoms with Gasteiger partial charge in [0.15, 0.2) is 0 Å². The van der Waals surface area contributed by atoms with Gasteiger partial charge in [-0.1, -0.05) is 0 Å². The van der Waals surface area contributed by atoms with Gasteiger partial charge in [0.25, 0.3) is 5.91 Å². The van der Waals surface area contributed by atoms with Gasteiger partial charge in [-0.3, -0.25) is 14.8 Å². The van der Waals surface area contributed by atoms with E-state index in [0.717, 1.165) is 10.9 Å². The lowest BCUT2D eigenvalue weighted by molar-refractivity contribution is 0.0139. The van der Waals surface area contributed by atoms with Crippen molar-refractivity contribution < 1.29 is 14.3 Å². The summed E-state index contributed by atoms with van der Waals surface area (Å²) in [6.45, 7) is 7.24. The summed E-state index contributed by atoms with van der Waals surface area (Å²) in [5, 5.41) is 9.99. The number of carbonyl (C=O) groups is 2. The van der Waals surface area contributed by atoms with Crippen molar-refractivity contribution in [1.82, 2.24) is 24.3 Å². The SMILES string of the molecule is Cn1c(C(=O)N2CCN(C(=O)OC(C)(C)C)CC2)cc2cc(-c3cc(C#N)ccn3)ncc21. The molecule has 2 amide bonds. The Kier molecular flexibility index (Phi) is 5.77. The van der Waals surface area contributed by atoms with Crippen LogP contribution in [-0.2, 0) is 11.8 Å². The maximum Gasteiger partial charge on any atom is 0.410 e. The maximum absolute atomic E-state index is 13.2. The molecule has 1 fully saturated rings. The standard InChI is InChI=1S/C24H26N6O3/c1-24(2,3)33-23(32)30-9-7-29(8-10-30)22(31)20-13-17-12-19(27-15-21(17)28(20)4)18-11-16(14-25)5-6-26-18/h5-6,11-13,15H,7-10H2,1-4H3. The molecule has 0 saturated carbocycles. The third-order valence-corrected chi connectivity index (χ3v) is 5.52. The normalized spacial score (nSPS) is 14.3. The number of hydrogen-bond acceptors (Lipinski definition) is 6. The number of rotatable bonds is 2. The monoisotopic (exact) mass is 446 g/mol. The van der Waals surface area contributed by atoms with Crippen LogP contribution >= 0.6 is 0 Å². The molecule has 9 heteroatoms. The third kappa shape index (κ3) is 4.65. The highest BCUT2D eigenvalue weighted by molar-refractivity contribution is 5.99. The van der Waals surface area contributed by atoms with Crippen LogP contribution in [0, 0.1) is 11.3 Å². The summed E-state index contributed by atoms with van der Waals surface area (Å²) in [7, 11) is 1.84. The zero-order valence-electron chi connectivity index (χ0n) is 19.2. The minimum Gasteiger partial charge on any atom is -0.444 e. The van der Waals surface area contributed by atoms with E-state index in [1.54, 1.807) is 34.3 Å². The number of aryl methyl sites for hydroxylation is 1. The Morgan fingerprint density at radius 1 is 1.03 bits per heavy atom. The summed E-state index contributed by atoms with van der Waals surface area (Å²) in [4.78, 5) is 37.7.